The average Bonchev–Trinajstić information content (AvgIpc) is 3.14. The van der Waals surface area contributed by atoms with Crippen molar-refractivity contribution in [2.24, 2.45) is 0 Å². The van der Waals surface area contributed by atoms with Gasteiger partial charge in [0, 0.05) is 16.8 Å². The summed E-state index contributed by atoms with van der Waals surface area (Å²) < 4.78 is 10.8. The van der Waals surface area contributed by atoms with Gasteiger partial charge in [0.2, 0.25) is 0 Å². The van der Waals surface area contributed by atoms with Crippen LogP contribution < -0.4 is 14.4 Å². The van der Waals surface area contributed by atoms with Gasteiger partial charge in [-0.3, -0.25) is 14.5 Å². The lowest BCUT2D eigenvalue weighted by Crippen LogP contribution is -2.30. The van der Waals surface area contributed by atoms with E-state index in [0.29, 0.717) is 16.3 Å². The molecular formula is C30H29Cl2NO5. The van der Waals surface area contributed by atoms with Gasteiger partial charge in [-0.1, -0.05) is 74.3 Å². The summed E-state index contributed by atoms with van der Waals surface area (Å²) in [6.45, 7) is 8.13. The smallest absolute Gasteiger partial charge is 0.300 e. The molecule has 4 rings (SSSR count). The largest absolute Gasteiger partial charge is 0.507 e. The van der Waals surface area contributed by atoms with Crippen molar-refractivity contribution in [2.45, 2.75) is 39.2 Å². The summed E-state index contributed by atoms with van der Waals surface area (Å²) in [4.78, 5) is 28.5. The normalized spacial score (nSPS) is 17.2. The van der Waals surface area contributed by atoms with Gasteiger partial charge < -0.3 is 14.6 Å². The highest BCUT2D eigenvalue weighted by Gasteiger charge is 2.47. The van der Waals surface area contributed by atoms with Gasteiger partial charge in [0.05, 0.1) is 36.4 Å². The maximum absolute atomic E-state index is 13.6. The van der Waals surface area contributed by atoms with E-state index in [0.717, 1.165) is 11.1 Å². The number of rotatable bonds is 5. The van der Waals surface area contributed by atoms with Crippen LogP contribution in [0.4, 0.5) is 5.69 Å². The topological polar surface area (TPSA) is 76.1 Å². The predicted octanol–water partition coefficient (Wildman–Crippen LogP) is 7.24. The van der Waals surface area contributed by atoms with E-state index in [4.69, 9.17) is 32.7 Å². The molecule has 6 nitrogen and oxygen atoms in total. The first kappa shape index (κ1) is 27.6. The second kappa shape index (κ2) is 10.4. The number of anilines is 1. The standard InChI is InChI=1S/C30H29Cl2NO5/c1-16-7-12-19(31)13-22(16)33-26(17-8-10-18(11-9-17)30(2,3)4)25(28(35)29(33)36)27(34)20-14-24(38-6)21(32)15-23(20)37-5/h7-15,26,34H,1-6H3/b27-25+. The van der Waals surface area contributed by atoms with Crippen LogP contribution in [0, 0.1) is 6.92 Å². The van der Waals surface area contributed by atoms with E-state index >= 15 is 0 Å². The fourth-order valence-corrected chi connectivity index (χ4v) is 4.99. The number of ketones is 1. The molecule has 1 saturated heterocycles. The van der Waals surface area contributed by atoms with E-state index in [1.54, 1.807) is 18.2 Å². The van der Waals surface area contributed by atoms with Crippen molar-refractivity contribution in [2.75, 3.05) is 19.1 Å². The highest BCUT2D eigenvalue weighted by atomic mass is 35.5. The Bertz CT molecular complexity index is 1450. The first-order valence-electron chi connectivity index (χ1n) is 12.0. The summed E-state index contributed by atoms with van der Waals surface area (Å²) in [5.41, 5.74) is 2.95. The van der Waals surface area contributed by atoms with Gasteiger partial charge in [0.25, 0.3) is 11.7 Å². The van der Waals surface area contributed by atoms with Gasteiger partial charge in [-0.05, 0) is 47.2 Å². The molecule has 1 aliphatic heterocycles. The van der Waals surface area contributed by atoms with E-state index < -0.39 is 23.5 Å². The molecule has 0 radical (unpaired) electrons. The van der Waals surface area contributed by atoms with Crippen LogP contribution in [0.1, 0.15) is 49.1 Å². The zero-order valence-electron chi connectivity index (χ0n) is 22.1. The number of ether oxygens (including phenoxy) is 2. The van der Waals surface area contributed by atoms with Crippen LogP contribution in [0.3, 0.4) is 0 Å². The highest BCUT2D eigenvalue weighted by Crippen LogP contribution is 2.46. The van der Waals surface area contributed by atoms with E-state index in [1.165, 1.54) is 31.3 Å². The second-order valence-corrected chi connectivity index (χ2v) is 11.0. The quantitative estimate of drug-likeness (QED) is 0.204. The lowest BCUT2D eigenvalue weighted by Gasteiger charge is -2.28. The summed E-state index contributed by atoms with van der Waals surface area (Å²) in [6.07, 6.45) is 0. The van der Waals surface area contributed by atoms with E-state index in [9.17, 15) is 14.7 Å². The van der Waals surface area contributed by atoms with Crippen molar-refractivity contribution in [1.82, 2.24) is 0 Å². The second-order valence-electron chi connectivity index (χ2n) is 10.2. The van der Waals surface area contributed by atoms with Crippen LogP contribution in [-0.4, -0.2) is 31.0 Å². The van der Waals surface area contributed by atoms with Crippen molar-refractivity contribution < 1.29 is 24.2 Å². The van der Waals surface area contributed by atoms with Gasteiger partial charge in [0.1, 0.15) is 17.3 Å². The molecule has 1 fully saturated rings. The van der Waals surface area contributed by atoms with Crippen molar-refractivity contribution in [3.05, 3.63) is 92.5 Å². The molecule has 8 heteroatoms. The van der Waals surface area contributed by atoms with E-state index in [2.05, 4.69) is 20.8 Å². The number of aliphatic hydroxyl groups excluding tert-OH is 1. The van der Waals surface area contributed by atoms with Crippen molar-refractivity contribution >= 4 is 46.3 Å². The number of nitrogens with zero attached hydrogens (tertiary/aromatic N) is 1. The number of amides is 1. The van der Waals surface area contributed by atoms with Crippen molar-refractivity contribution in [1.29, 1.82) is 0 Å². The van der Waals surface area contributed by atoms with E-state index in [1.807, 2.05) is 31.2 Å². The fraction of sp³-hybridized carbons (Fsp3) is 0.267. The minimum absolute atomic E-state index is 0.0828. The molecule has 1 N–H and O–H groups in total. The van der Waals surface area contributed by atoms with Gasteiger partial charge in [-0.25, -0.2) is 0 Å². The Morgan fingerprint density at radius 3 is 2.13 bits per heavy atom. The SMILES string of the molecule is COc1cc(/C(O)=C2\C(=O)C(=O)N(c3cc(Cl)ccc3C)C2c2ccc(C(C)(C)C)cc2)c(OC)cc1Cl. The lowest BCUT2D eigenvalue weighted by atomic mass is 9.85. The van der Waals surface area contributed by atoms with Crippen molar-refractivity contribution in [3.63, 3.8) is 0 Å². The number of hydrogen-bond acceptors (Lipinski definition) is 5. The number of methoxy groups -OCH3 is 2. The monoisotopic (exact) mass is 553 g/mol. The molecule has 0 saturated carbocycles. The number of Topliss-reactive ketones (excluding diaryl/α,β-unsaturated/α-hetero) is 1. The van der Waals surface area contributed by atoms with Crippen LogP contribution in [0.5, 0.6) is 11.5 Å². The Morgan fingerprint density at radius 1 is 0.921 bits per heavy atom. The molecule has 0 bridgehead atoms. The molecule has 0 aliphatic carbocycles. The third-order valence-electron chi connectivity index (χ3n) is 6.70. The minimum atomic E-state index is -0.924. The molecule has 0 aromatic heterocycles. The maximum Gasteiger partial charge on any atom is 0.300 e. The molecule has 1 aliphatic rings. The van der Waals surface area contributed by atoms with Gasteiger partial charge in [0.15, 0.2) is 0 Å². The Labute approximate surface area is 232 Å². The van der Waals surface area contributed by atoms with Crippen LogP contribution in [-0.2, 0) is 15.0 Å². The van der Waals surface area contributed by atoms with Gasteiger partial charge in [-0.15, -0.1) is 0 Å². The Morgan fingerprint density at radius 2 is 1.55 bits per heavy atom. The van der Waals surface area contributed by atoms with Crippen molar-refractivity contribution in [3.8, 4) is 11.5 Å². The fourth-order valence-electron chi connectivity index (χ4n) is 4.59. The molecule has 1 unspecified atom stereocenters. The predicted molar refractivity (Wildman–Crippen MR) is 151 cm³/mol. The summed E-state index contributed by atoms with van der Waals surface area (Å²) in [5, 5.41) is 12.3. The molecule has 1 amide bonds. The third kappa shape index (κ3) is 4.86. The minimum Gasteiger partial charge on any atom is -0.507 e. The highest BCUT2D eigenvalue weighted by molar-refractivity contribution is 6.52. The van der Waals surface area contributed by atoms with Crippen LogP contribution in [0.15, 0.2) is 60.2 Å². The first-order valence-corrected chi connectivity index (χ1v) is 12.7. The van der Waals surface area contributed by atoms with E-state index in [-0.39, 0.29) is 33.1 Å². The number of aryl methyl sites for hydroxylation is 1. The Balaban J connectivity index is 2.02. The number of hydrogen-bond donors (Lipinski definition) is 1. The Hall–Kier alpha value is -3.48. The molecular weight excluding hydrogens is 525 g/mol. The van der Waals surface area contributed by atoms with Crippen LogP contribution in [0.25, 0.3) is 5.76 Å². The lowest BCUT2D eigenvalue weighted by molar-refractivity contribution is -0.132. The summed E-state index contributed by atoms with van der Waals surface area (Å²) in [6, 6.07) is 14.9. The number of aliphatic hydroxyl groups is 1. The number of carbonyl (C=O) groups excluding carboxylic acids is 2. The number of halogens is 2. The van der Waals surface area contributed by atoms with Gasteiger partial charge >= 0.3 is 0 Å². The maximum atomic E-state index is 13.6. The average molecular weight is 554 g/mol. The third-order valence-corrected chi connectivity index (χ3v) is 7.23. The first-order chi connectivity index (χ1) is 17.9. The molecule has 198 valence electrons. The molecule has 3 aromatic carbocycles. The summed E-state index contributed by atoms with van der Waals surface area (Å²) in [7, 11) is 2.86. The molecule has 38 heavy (non-hydrogen) atoms. The van der Waals surface area contributed by atoms with Crippen LogP contribution >= 0.6 is 23.2 Å². The molecule has 0 spiro atoms. The number of benzene rings is 3. The molecule has 1 atom stereocenters. The zero-order valence-corrected chi connectivity index (χ0v) is 23.6. The Kier molecular flexibility index (Phi) is 7.51. The van der Waals surface area contributed by atoms with Gasteiger partial charge in [-0.2, -0.15) is 0 Å². The van der Waals surface area contributed by atoms with Crippen LogP contribution in [0.2, 0.25) is 10.0 Å². The zero-order chi connectivity index (χ0) is 27.9. The molecule has 1 heterocycles. The summed E-state index contributed by atoms with van der Waals surface area (Å²) in [5.74, 6) is -1.51. The molecule has 3 aromatic rings. The number of carbonyl (C=O) groups is 2. The summed E-state index contributed by atoms with van der Waals surface area (Å²) >= 11 is 12.6.